The first-order valence-electron chi connectivity index (χ1n) is 11.0. The van der Waals surface area contributed by atoms with Gasteiger partial charge in [0.2, 0.25) is 11.8 Å². The van der Waals surface area contributed by atoms with Crippen LogP contribution in [0, 0.1) is 5.92 Å². The minimum absolute atomic E-state index is 0.00705. The molecule has 1 aliphatic heterocycles. The summed E-state index contributed by atoms with van der Waals surface area (Å²) in [5.41, 5.74) is 4.31. The molecule has 1 N–H and O–H groups in total. The maximum Gasteiger partial charge on any atom is 0.227 e. The van der Waals surface area contributed by atoms with E-state index in [1.807, 2.05) is 59.5 Å². The second kappa shape index (κ2) is 10.1. The van der Waals surface area contributed by atoms with Gasteiger partial charge in [-0.05, 0) is 40.8 Å². The number of amides is 2. The summed E-state index contributed by atoms with van der Waals surface area (Å²) < 4.78 is 5.19. The van der Waals surface area contributed by atoms with Crippen molar-refractivity contribution in [3.8, 4) is 16.9 Å². The Bertz CT molecular complexity index is 1060. The van der Waals surface area contributed by atoms with E-state index in [0.29, 0.717) is 32.5 Å². The van der Waals surface area contributed by atoms with Gasteiger partial charge < -0.3 is 15.0 Å². The van der Waals surface area contributed by atoms with E-state index in [2.05, 4.69) is 29.6 Å². The van der Waals surface area contributed by atoms with Crippen LogP contribution < -0.4 is 10.1 Å². The highest BCUT2D eigenvalue weighted by atomic mass is 16.5. The van der Waals surface area contributed by atoms with Crippen molar-refractivity contribution in [1.82, 2.24) is 10.2 Å². The van der Waals surface area contributed by atoms with Crippen molar-refractivity contribution in [2.45, 2.75) is 12.8 Å². The fourth-order valence-corrected chi connectivity index (χ4v) is 4.18. The first-order chi connectivity index (χ1) is 15.6. The summed E-state index contributed by atoms with van der Waals surface area (Å²) >= 11 is 0. The number of carbonyl (C=O) groups excluding carboxylic acids is 2. The van der Waals surface area contributed by atoms with Crippen LogP contribution >= 0.6 is 0 Å². The Kier molecular flexibility index (Phi) is 6.85. The van der Waals surface area contributed by atoms with E-state index < -0.39 is 0 Å². The van der Waals surface area contributed by atoms with E-state index in [1.165, 1.54) is 0 Å². The lowest BCUT2D eigenvalue weighted by molar-refractivity contribution is -0.131. The quantitative estimate of drug-likeness (QED) is 0.651. The molecular weight excluding hydrogens is 400 g/mol. The number of hydrogen-bond donors (Lipinski definition) is 1. The van der Waals surface area contributed by atoms with Gasteiger partial charge in [0.25, 0.3) is 0 Å². The maximum atomic E-state index is 13.0. The fourth-order valence-electron chi connectivity index (χ4n) is 4.18. The van der Waals surface area contributed by atoms with E-state index in [-0.39, 0.29) is 17.7 Å². The third kappa shape index (κ3) is 5.17. The minimum atomic E-state index is -0.290. The van der Waals surface area contributed by atoms with Crippen molar-refractivity contribution in [2.75, 3.05) is 26.7 Å². The van der Waals surface area contributed by atoms with Crippen molar-refractivity contribution in [1.29, 1.82) is 0 Å². The topological polar surface area (TPSA) is 58.6 Å². The van der Waals surface area contributed by atoms with Crippen molar-refractivity contribution in [3.63, 3.8) is 0 Å². The van der Waals surface area contributed by atoms with Crippen LogP contribution in [0.1, 0.15) is 11.1 Å². The molecule has 1 fully saturated rings. The second-order valence-electron chi connectivity index (χ2n) is 8.08. The predicted molar refractivity (Wildman–Crippen MR) is 125 cm³/mol. The molecule has 3 aromatic carbocycles. The van der Waals surface area contributed by atoms with E-state index in [1.54, 1.807) is 7.11 Å². The van der Waals surface area contributed by atoms with Gasteiger partial charge in [-0.3, -0.25) is 9.59 Å². The van der Waals surface area contributed by atoms with Crippen LogP contribution in [0.4, 0.5) is 0 Å². The average molecular weight is 429 g/mol. The molecule has 0 radical (unpaired) electrons. The van der Waals surface area contributed by atoms with Gasteiger partial charge in [0.05, 0.1) is 19.4 Å². The third-order valence-electron chi connectivity index (χ3n) is 5.93. The van der Waals surface area contributed by atoms with Crippen molar-refractivity contribution < 1.29 is 14.3 Å². The van der Waals surface area contributed by atoms with Gasteiger partial charge in [-0.25, -0.2) is 0 Å². The smallest absolute Gasteiger partial charge is 0.227 e. The van der Waals surface area contributed by atoms with Crippen LogP contribution in [0.3, 0.4) is 0 Å². The monoisotopic (exact) mass is 428 g/mol. The summed E-state index contributed by atoms with van der Waals surface area (Å²) in [6, 6.07) is 25.9. The summed E-state index contributed by atoms with van der Waals surface area (Å²) in [4.78, 5) is 27.6. The molecule has 0 aromatic heterocycles. The molecule has 0 aliphatic carbocycles. The molecular formula is C27H28N2O3. The van der Waals surface area contributed by atoms with Gasteiger partial charge in [-0.1, -0.05) is 66.7 Å². The number of ether oxygens (including phenoxy) is 1. The largest absolute Gasteiger partial charge is 0.497 e. The van der Waals surface area contributed by atoms with Gasteiger partial charge in [0.1, 0.15) is 5.75 Å². The van der Waals surface area contributed by atoms with Gasteiger partial charge in [-0.15, -0.1) is 0 Å². The molecule has 1 saturated heterocycles. The number of rotatable bonds is 6. The van der Waals surface area contributed by atoms with Gasteiger partial charge in [0, 0.05) is 19.6 Å². The van der Waals surface area contributed by atoms with Crippen LogP contribution in [0.2, 0.25) is 0 Å². The Morgan fingerprint density at radius 1 is 1.00 bits per heavy atom. The molecule has 0 bridgehead atoms. The summed E-state index contributed by atoms with van der Waals surface area (Å²) in [6.45, 7) is 1.42. The third-order valence-corrected chi connectivity index (χ3v) is 5.93. The first-order valence-corrected chi connectivity index (χ1v) is 11.0. The standard InChI is InChI=1S/C27H28N2O3/c1-32-24-13-11-20(12-14-24)17-26(30)29-16-15-28-27(31)23(19-29)18-22-9-5-6-10-25(22)21-7-3-2-4-8-21/h2-14,23H,15-19H2,1H3,(H,28,31)/t23-/m1/s1. The highest BCUT2D eigenvalue weighted by Crippen LogP contribution is 2.26. The highest BCUT2D eigenvalue weighted by Gasteiger charge is 2.28. The summed E-state index contributed by atoms with van der Waals surface area (Å²) in [7, 11) is 1.62. The lowest BCUT2D eigenvalue weighted by Gasteiger charge is -2.24. The van der Waals surface area contributed by atoms with Gasteiger partial charge >= 0.3 is 0 Å². The van der Waals surface area contributed by atoms with Crippen molar-refractivity contribution in [3.05, 3.63) is 90.0 Å². The molecule has 1 atom stereocenters. The van der Waals surface area contributed by atoms with Crippen LogP contribution in [-0.2, 0) is 22.4 Å². The molecule has 2 amide bonds. The SMILES string of the molecule is COc1ccc(CC(=O)N2CCNC(=O)[C@H](Cc3ccccc3-c3ccccc3)C2)cc1. The fraction of sp³-hybridized carbons (Fsp3) is 0.259. The Morgan fingerprint density at radius 2 is 1.72 bits per heavy atom. The number of nitrogens with zero attached hydrogens (tertiary/aromatic N) is 1. The summed E-state index contributed by atoms with van der Waals surface area (Å²) in [5.74, 6) is 0.519. The van der Waals surface area contributed by atoms with E-state index in [4.69, 9.17) is 4.74 Å². The lowest BCUT2D eigenvalue weighted by Crippen LogP contribution is -2.38. The first kappa shape index (κ1) is 21.6. The molecule has 0 unspecified atom stereocenters. The van der Waals surface area contributed by atoms with Gasteiger partial charge in [-0.2, -0.15) is 0 Å². The molecule has 0 spiro atoms. The number of nitrogens with one attached hydrogen (secondary N) is 1. The van der Waals surface area contributed by atoms with Crippen LogP contribution in [0.5, 0.6) is 5.75 Å². The second-order valence-corrected chi connectivity index (χ2v) is 8.08. The maximum absolute atomic E-state index is 13.0. The van der Waals surface area contributed by atoms with Crippen molar-refractivity contribution in [2.24, 2.45) is 5.92 Å². The number of benzene rings is 3. The molecule has 32 heavy (non-hydrogen) atoms. The predicted octanol–water partition coefficient (Wildman–Crippen LogP) is 3.72. The Morgan fingerprint density at radius 3 is 2.47 bits per heavy atom. The number of methoxy groups -OCH3 is 1. The van der Waals surface area contributed by atoms with E-state index in [9.17, 15) is 9.59 Å². The number of carbonyl (C=O) groups is 2. The lowest BCUT2D eigenvalue weighted by atomic mass is 9.91. The Balaban J connectivity index is 1.49. The molecule has 4 rings (SSSR count). The van der Waals surface area contributed by atoms with Crippen LogP contribution in [0.25, 0.3) is 11.1 Å². The number of hydrogen-bond acceptors (Lipinski definition) is 3. The summed E-state index contributed by atoms with van der Waals surface area (Å²) in [5, 5.41) is 2.99. The van der Waals surface area contributed by atoms with E-state index >= 15 is 0 Å². The zero-order valence-corrected chi connectivity index (χ0v) is 18.3. The Labute approximate surface area is 189 Å². The van der Waals surface area contributed by atoms with Gasteiger partial charge in [0.15, 0.2) is 0 Å². The van der Waals surface area contributed by atoms with Crippen LogP contribution in [0.15, 0.2) is 78.9 Å². The Hall–Kier alpha value is -3.60. The zero-order valence-electron chi connectivity index (χ0n) is 18.3. The highest BCUT2D eigenvalue weighted by molar-refractivity contribution is 5.83. The molecule has 1 heterocycles. The van der Waals surface area contributed by atoms with E-state index in [0.717, 1.165) is 28.0 Å². The molecule has 164 valence electrons. The molecule has 1 aliphatic rings. The molecule has 3 aromatic rings. The normalized spacial score (nSPS) is 16.2. The summed E-state index contributed by atoms with van der Waals surface area (Å²) in [6.07, 6.45) is 0.898. The molecule has 5 heteroatoms. The van der Waals surface area contributed by atoms with Crippen LogP contribution in [-0.4, -0.2) is 43.5 Å². The minimum Gasteiger partial charge on any atom is -0.497 e. The molecule has 5 nitrogen and oxygen atoms in total. The molecule has 0 saturated carbocycles. The van der Waals surface area contributed by atoms with Crippen molar-refractivity contribution >= 4 is 11.8 Å². The average Bonchev–Trinajstić information content (AvgIpc) is 3.02. The zero-order chi connectivity index (χ0) is 22.3.